The van der Waals surface area contributed by atoms with Crippen LogP contribution in [0.1, 0.15) is 48.1 Å². The molecule has 2 aromatic heterocycles. The zero-order chi connectivity index (χ0) is 34.3. The number of aliphatic hydroxyl groups is 1. The molecule has 3 aliphatic heterocycles. The first-order chi connectivity index (χ1) is 23.5. The number of imidazole rings is 1. The predicted molar refractivity (Wildman–Crippen MR) is 181 cm³/mol. The number of benzene rings is 2. The molecule has 2 saturated heterocycles. The van der Waals surface area contributed by atoms with Crippen LogP contribution in [0.15, 0.2) is 42.5 Å². The van der Waals surface area contributed by atoms with Crippen molar-refractivity contribution in [3.05, 3.63) is 64.8 Å². The molecule has 1 amide bonds. The monoisotopic (exact) mass is 698 g/mol. The molecule has 15 heteroatoms. The SMILES string of the molecule is CS(=O)N1CCc2c(c(-c3ccc(C(F)(F)F)c(CNc4nc5ccccc5[nH]4)c3)nn2CC(O)CN2CCC(N3CCCC3=O)CC2)C1. The fraction of sp³-hybridized carbons (Fsp3) is 0.500. The van der Waals surface area contributed by atoms with E-state index in [1.54, 1.807) is 10.9 Å². The largest absolute Gasteiger partial charge is 0.416 e. The summed E-state index contributed by atoms with van der Waals surface area (Å²) in [5.74, 6) is 0.607. The molecule has 2 fully saturated rings. The topological polar surface area (TPSA) is 123 Å². The number of nitrogens with zero attached hydrogens (tertiary/aromatic N) is 6. The van der Waals surface area contributed by atoms with Crippen LogP contribution >= 0.6 is 0 Å². The highest BCUT2D eigenvalue weighted by Crippen LogP contribution is 2.37. The molecule has 262 valence electrons. The number of fused-ring (bicyclic) bond motifs is 2. The second-order valence-corrected chi connectivity index (χ2v) is 14.6. The number of anilines is 1. The minimum absolute atomic E-state index is 0.0413. The molecule has 0 aliphatic carbocycles. The average Bonchev–Trinajstić information content (AvgIpc) is 3.80. The number of hydrogen-bond acceptors (Lipinski definition) is 7. The van der Waals surface area contributed by atoms with Crippen molar-refractivity contribution in [2.24, 2.45) is 0 Å². The van der Waals surface area contributed by atoms with Crippen molar-refractivity contribution < 1.29 is 27.3 Å². The molecule has 49 heavy (non-hydrogen) atoms. The quantitative estimate of drug-likeness (QED) is 0.228. The second kappa shape index (κ2) is 13.8. The Kier molecular flexibility index (Phi) is 9.52. The van der Waals surface area contributed by atoms with Gasteiger partial charge in [-0.05, 0) is 49.1 Å². The summed E-state index contributed by atoms with van der Waals surface area (Å²) < 4.78 is 58.6. The van der Waals surface area contributed by atoms with Gasteiger partial charge in [-0.15, -0.1) is 0 Å². The summed E-state index contributed by atoms with van der Waals surface area (Å²) in [6.07, 6.45) is 0.182. The van der Waals surface area contributed by atoms with Crippen LogP contribution < -0.4 is 5.32 Å². The molecule has 2 aromatic carbocycles. The number of H-pyrrole nitrogens is 1. The molecule has 5 heterocycles. The van der Waals surface area contributed by atoms with E-state index in [2.05, 4.69) is 20.2 Å². The van der Waals surface area contributed by atoms with Crippen molar-refractivity contribution in [1.29, 1.82) is 0 Å². The molecule has 4 aromatic rings. The first-order valence-corrected chi connectivity index (χ1v) is 18.3. The van der Waals surface area contributed by atoms with Crippen molar-refractivity contribution in [3.8, 4) is 11.3 Å². The molecule has 3 aliphatic rings. The summed E-state index contributed by atoms with van der Waals surface area (Å²) >= 11 is 0. The molecular weight excluding hydrogens is 657 g/mol. The maximum absolute atomic E-state index is 14.2. The van der Waals surface area contributed by atoms with Crippen LogP contribution in [0, 0.1) is 0 Å². The highest BCUT2D eigenvalue weighted by molar-refractivity contribution is 7.81. The van der Waals surface area contributed by atoms with Crippen molar-refractivity contribution in [1.82, 2.24) is 33.9 Å². The van der Waals surface area contributed by atoms with E-state index in [0.717, 1.165) is 61.7 Å². The molecule has 2 atom stereocenters. The van der Waals surface area contributed by atoms with Crippen molar-refractivity contribution >= 4 is 33.9 Å². The van der Waals surface area contributed by atoms with E-state index in [4.69, 9.17) is 5.10 Å². The van der Waals surface area contributed by atoms with E-state index < -0.39 is 28.8 Å². The lowest BCUT2D eigenvalue weighted by molar-refractivity contribution is -0.138. The van der Waals surface area contributed by atoms with Crippen molar-refractivity contribution in [2.75, 3.05) is 44.3 Å². The van der Waals surface area contributed by atoms with E-state index in [9.17, 15) is 27.3 Å². The van der Waals surface area contributed by atoms with Gasteiger partial charge in [0.2, 0.25) is 11.9 Å². The van der Waals surface area contributed by atoms with E-state index in [0.29, 0.717) is 55.2 Å². The number of β-amino-alcohol motifs (C(OH)–C–C–N with tert-alkyl or cyclic N) is 1. The molecule has 7 rings (SSSR count). The molecule has 0 saturated carbocycles. The number of nitrogens with one attached hydrogen (secondary N) is 2. The molecular formula is C34H41F3N8O3S. The number of hydrogen-bond donors (Lipinski definition) is 3. The number of likely N-dealkylation sites (tertiary alicyclic amines) is 2. The Balaban J connectivity index is 1.12. The number of aromatic nitrogens is 4. The fourth-order valence-electron chi connectivity index (χ4n) is 7.47. The Morgan fingerprint density at radius 1 is 1.08 bits per heavy atom. The number of aliphatic hydroxyl groups excluding tert-OH is 1. The minimum Gasteiger partial charge on any atom is -0.390 e. The molecule has 3 N–H and O–H groups in total. The highest BCUT2D eigenvalue weighted by atomic mass is 32.2. The van der Waals surface area contributed by atoms with Gasteiger partial charge in [0.15, 0.2) is 0 Å². The number of halogens is 3. The van der Waals surface area contributed by atoms with Gasteiger partial charge in [-0.25, -0.2) is 13.5 Å². The number of piperidine rings is 1. The van der Waals surface area contributed by atoms with Crippen LogP contribution in [0.2, 0.25) is 0 Å². The Hall–Kier alpha value is -3.79. The van der Waals surface area contributed by atoms with E-state index >= 15 is 0 Å². The first kappa shape index (κ1) is 33.7. The summed E-state index contributed by atoms with van der Waals surface area (Å²) in [5, 5.41) is 19.1. The lowest BCUT2D eigenvalue weighted by Crippen LogP contribution is -2.47. The third-order valence-electron chi connectivity index (χ3n) is 9.94. The predicted octanol–water partition coefficient (Wildman–Crippen LogP) is 4.16. The van der Waals surface area contributed by atoms with E-state index in [1.165, 1.54) is 12.1 Å². The number of alkyl halides is 3. The fourth-order valence-corrected chi connectivity index (χ4v) is 8.13. The number of rotatable bonds is 10. The Bertz CT molecular complexity index is 1820. The van der Waals surface area contributed by atoms with Gasteiger partial charge >= 0.3 is 6.18 Å². The molecule has 11 nitrogen and oxygen atoms in total. The molecule has 0 bridgehead atoms. The summed E-state index contributed by atoms with van der Waals surface area (Å²) in [4.78, 5) is 24.0. The molecule has 0 radical (unpaired) electrons. The van der Waals surface area contributed by atoms with Gasteiger partial charge in [0, 0.05) is 87.8 Å². The van der Waals surface area contributed by atoms with Gasteiger partial charge in [-0.1, -0.05) is 18.2 Å². The van der Waals surface area contributed by atoms with Crippen LogP contribution in [0.3, 0.4) is 0 Å². The normalized spacial score (nSPS) is 19.4. The average molecular weight is 699 g/mol. The molecule has 0 spiro atoms. The summed E-state index contributed by atoms with van der Waals surface area (Å²) in [6, 6.07) is 11.7. The maximum atomic E-state index is 14.2. The van der Waals surface area contributed by atoms with E-state index in [-0.39, 0.29) is 30.6 Å². The number of carbonyl (C=O) groups excluding carboxylic acids is 1. The van der Waals surface area contributed by atoms with Gasteiger partial charge in [0.25, 0.3) is 0 Å². The van der Waals surface area contributed by atoms with Crippen LogP contribution in [0.4, 0.5) is 19.1 Å². The van der Waals surface area contributed by atoms with E-state index in [1.807, 2.05) is 33.5 Å². The smallest absolute Gasteiger partial charge is 0.390 e. The number of carbonyl (C=O) groups is 1. The van der Waals surface area contributed by atoms with Gasteiger partial charge in [0.1, 0.15) is 0 Å². The lowest BCUT2D eigenvalue weighted by Gasteiger charge is -2.37. The zero-order valence-electron chi connectivity index (χ0n) is 27.4. The standard InChI is InChI=1S/C34H41F3N8O3S/c1-49(48)43-16-12-30-26(21-43)32(41-45(30)20-25(46)19-42-14-10-24(11-15-42)44-13-4-7-31(44)47)22-8-9-27(34(35,36)37)23(17-22)18-38-33-39-28-5-2-3-6-29(28)40-33/h2-3,5-6,8-9,17,24-25,46H,4,7,10-16,18-21H2,1H3,(H2,38,39,40). The minimum atomic E-state index is -4.57. The van der Waals surface area contributed by atoms with Crippen LogP contribution in [0.25, 0.3) is 22.3 Å². The van der Waals surface area contributed by atoms with Crippen molar-refractivity contribution in [3.63, 3.8) is 0 Å². The van der Waals surface area contributed by atoms with Crippen LogP contribution in [-0.2, 0) is 48.0 Å². The lowest BCUT2D eigenvalue weighted by atomic mass is 9.97. The Labute approximate surface area is 285 Å². The second-order valence-electron chi connectivity index (χ2n) is 13.2. The van der Waals surface area contributed by atoms with Crippen LogP contribution in [-0.4, -0.2) is 100 Å². The Morgan fingerprint density at radius 2 is 1.88 bits per heavy atom. The number of para-hydroxylation sites is 2. The first-order valence-electron chi connectivity index (χ1n) is 16.8. The number of aromatic amines is 1. The van der Waals surface area contributed by atoms with Crippen LogP contribution in [0.5, 0.6) is 0 Å². The van der Waals surface area contributed by atoms with Crippen molar-refractivity contribution in [2.45, 2.75) is 70.1 Å². The van der Waals surface area contributed by atoms with Gasteiger partial charge in [0.05, 0.1) is 45.9 Å². The van der Waals surface area contributed by atoms with Gasteiger partial charge < -0.3 is 25.2 Å². The summed E-state index contributed by atoms with van der Waals surface area (Å²) in [7, 11) is -1.24. The Morgan fingerprint density at radius 3 is 2.59 bits per heavy atom. The van der Waals surface area contributed by atoms with Gasteiger partial charge in [-0.3, -0.25) is 9.48 Å². The maximum Gasteiger partial charge on any atom is 0.416 e. The highest BCUT2D eigenvalue weighted by Gasteiger charge is 2.35. The summed E-state index contributed by atoms with van der Waals surface area (Å²) in [6.45, 7) is 3.85. The van der Waals surface area contributed by atoms with Gasteiger partial charge in [-0.2, -0.15) is 18.3 Å². The summed E-state index contributed by atoms with van der Waals surface area (Å²) in [5.41, 5.74) is 3.50. The number of amides is 1. The third kappa shape index (κ3) is 7.25. The zero-order valence-corrected chi connectivity index (χ0v) is 28.2. The molecule has 2 unspecified atom stereocenters. The third-order valence-corrected chi connectivity index (χ3v) is 11.0.